The van der Waals surface area contributed by atoms with E-state index in [0.717, 1.165) is 35.5 Å². The first-order chi connectivity index (χ1) is 5.95. The molecule has 3 heteroatoms. The van der Waals surface area contributed by atoms with Gasteiger partial charge in [0.25, 0.3) is 0 Å². The Bertz CT molecular complexity index is 433. The smallest absolute Gasteiger partial charge is 0.154 e. The van der Waals surface area contributed by atoms with Crippen LogP contribution in [0.5, 0.6) is 0 Å². The van der Waals surface area contributed by atoms with Gasteiger partial charge >= 0.3 is 0 Å². The molecule has 0 radical (unpaired) electrons. The van der Waals surface area contributed by atoms with Crippen LogP contribution in [0.2, 0.25) is 0 Å². The molecule has 1 aliphatic rings. The monoisotopic (exact) mass is 160 g/mol. The van der Waals surface area contributed by atoms with Crippen molar-refractivity contribution in [3.63, 3.8) is 0 Å². The third kappa shape index (κ3) is 0.630. The van der Waals surface area contributed by atoms with Crippen LogP contribution in [0, 0.1) is 0 Å². The molecule has 12 heavy (non-hydrogen) atoms. The number of hydrogen-bond donors (Lipinski definition) is 1. The molecule has 0 fully saturated rings. The predicted molar refractivity (Wildman–Crippen MR) is 46.2 cm³/mol. The minimum absolute atomic E-state index is 0.884. The second-order valence-electron chi connectivity index (χ2n) is 2.93. The quantitative estimate of drug-likeness (QED) is 0.638. The van der Waals surface area contributed by atoms with E-state index in [1.54, 1.807) is 6.20 Å². The molecule has 3 heterocycles. The third-order valence-corrected chi connectivity index (χ3v) is 2.17. The summed E-state index contributed by atoms with van der Waals surface area (Å²) >= 11 is 0. The fraction of sp³-hybridized carbons (Fsp3) is 0.222. The van der Waals surface area contributed by atoms with E-state index in [9.17, 15) is 0 Å². The molecule has 0 bridgehead atoms. The fourth-order valence-corrected chi connectivity index (χ4v) is 1.64. The van der Waals surface area contributed by atoms with Crippen LogP contribution in [-0.2, 0) is 6.42 Å². The lowest BCUT2D eigenvalue weighted by atomic mass is 10.3. The molecule has 3 rings (SSSR count). The highest BCUT2D eigenvalue weighted by Crippen LogP contribution is 2.32. The Morgan fingerprint density at radius 1 is 1.50 bits per heavy atom. The Labute approximate surface area is 69.4 Å². The summed E-state index contributed by atoms with van der Waals surface area (Å²) in [7, 11) is 0. The summed E-state index contributed by atoms with van der Waals surface area (Å²) in [5.41, 5.74) is 2.94. The molecule has 0 atom stereocenters. The van der Waals surface area contributed by atoms with Crippen LogP contribution in [0.15, 0.2) is 22.7 Å². The lowest BCUT2D eigenvalue weighted by Crippen LogP contribution is -1.92. The van der Waals surface area contributed by atoms with Gasteiger partial charge in [-0.1, -0.05) is 0 Å². The molecule has 0 unspecified atom stereocenters. The Hall–Kier alpha value is -1.51. The molecule has 1 aliphatic heterocycles. The van der Waals surface area contributed by atoms with Crippen LogP contribution >= 0.6 is 0 Å². The zero-order valence-corrected chi connectivity index (χ0v) is 6.50. The number of aromatic nitrogens is 1. The highest BCUT2D eigenvalue weighted by molar-refractivity contribution is 5.89. The molecule has 2 aromatic rings. The SMILES string of the molecule is c1cnc2c3c(oc2c1)CCN3. The van der Waals surface area contributed by atoms with Gasteiger partial charge < -0.3 is 9.73 Å². The molecule has 2 aromatic heterocycles. The highest BCUT2D eigenvalue weighted by Gasteiger charge is 2.18. The van der Waals surface area contributed by atoms with E-state index in [0.29, 0.717) is 0 Å². The summed E-state index contributed by atoms with van der Waals surface area (Å²) in [6.07, 6.45) is 2.77. The predicted octanol–water partition coefficient (Wildman–Crippen LogP) is 1.80. The molecular weight excluding hydrogens is 152 g/mol. The van der Waals surface area contributed by atoms with E-state index in [1.165, 1.54) is 0 Å². The standard InChI is InChI=1S/C9H8N2O/c1-2-6-8(10-4-1)9-7(12-6)3-5-11-9/h1-2,4,11H,3,5H2. The number of hydrogen-bond acceptors (Lipinski definition) is 3. The van der Waals surface area contributed by atoms with Crippen LogP contribution in [0.4, 0.5) is 5.69 Å². The van der Waals surface area contributed by atoms with Gasteiger partial charge in [-0.25, -0.2) is 0 Å². The topological polar surface area (TPSA) is 38.1 Å². The zero-order valence-electron chi connectivity index (χ0n) is 6.50. The summed E-state index contributed by atoms with van der Waals surface area (Å²) in [4.78, 5) is 4.26. The average molecular weight is 160 g/mol. The summed E-state index contributed by atoms with van der Waals surface area (Å²) in [5.74, 6) is 1.05. The van der Waals surface area contributed by atoms with Crippen molar-refractivity contribution in [2.24, 2.45) is 0 Å². The first-order valence-corrected chi connectivity index (χ1v) is 4.05. The summed E-state index contributed by atoms with van der Waals surface area (Å²) < 4.78 is 5.59. The van der Waals surface area contributed by atoms with Crippen molar-refractivity contribution in [1.29, 1.82) is 0 Å². The van der Waals surface area contributed by atoms with Gasteiger partial charge in [-0.15, -0.1) is 0 Å². The van der Waals surface area contributed by atoms with Crippen molar-refractivity contribution in [3.05, 3.63) is 24.1 Å². The second kappa shape index (κ2) is 2.00. The largest absolute Gasteiger partial charge is 0.457 e. The molecule has 0 amide bonds. The van der Waals surface area contributed by atoms with Gasteiger partial charge in [0.15, 0.2) is 5.58 Å². The van der Waals surface area contributed by atoms with E-state index < -0.39 is 0 Å². The second-order valence-corrected chi connectivity index (χ2v) is 2.93. The van der Waals surface area contributed by atoms with Gasteiger partial charge in [0.05, 0.1) is 0 Å². The highest BCUT2D eigenvalue weighted by atomic mass is 16.3. The van der Waals surface area contributed by atoms with Gasteiger partial charge in [-0.05, 0) is 12.1 Å². The van der Waals surface area contributed by atoms with E-state index in [1.807, 2.05) is 12.1 Å². The Morgan fingerprint density at radius 2 is 2.50 bits per heavy atom. The third-order valence-electron chi connectivity index (χ3n) is 2.17. The number of anilines is 1. The van der Waals surface area contributed by atoms with Crippen LogP contribution in [0.25, 0.3) is 11.1 Å². The normalized spacial score (nSPS) is 14.7. The zero-order chi connectivity index (χ0) is 7.97. The number of nitrogens with one attached hydrogen (secondary N) is 1. The van der Waals surface area contributed by atoms with Crippen molar-refractivity contribution in [1.82, 2.24) is 4.98 Å². The van der Waals surface area contributed by atoms with Crippen LogP contribution in [0.1, 0.15) is 5.76 Å². The molecule has 0 saturated carbocycles. The lowest BCUT2D eigenvalue weighted by molar-refractivity contribution is 0.564. The van der Waals surface area contributed by atoms with Gasteiger partial charge in [-0.3, -0.25) is 4.98 Å². The van der Waals surface area contributed by atoms with Crippen molar-refractivity contribution in [2.45, 2.75) is 6.42 Å². The molecule has 3 nitrogen and oxygen atoms in total. The lowest BCUT2D eigenvalue weighted by Gasteiger charge is -1.91. The van der Waals surface area contributed by atoms with E-state index >= 15 is 0 Å². The molecule has 60 valence electrons. The van der Waals surface area contributed by atoms with Crippen molar-refractivity contribution in [2.75, 3.05) is 11.9 Å². The van der Waals surface area contributed by atoms with Crippen LogP contribution in [-0.4, -0.2) is 11.5 Å². The van der Waals surface area contributed by atoms with Crippen molar-refractivity contribution >= 4 is 16.8 Å². The first-order valence-electron chi connectivity index (χ1n) is 4.05. The van der Waals surface area contributed by atoms with Gasteiger partial charge in [0.2, 0.25) is 0 Å². The van der Waals surface area contributed by atoms with E-state index in [-0.39, 0.29) is 0 Å². The molecule has 0 saturated heterocycles. The maximum Gasteiger partial charge on any atom is 0.154 e. The molecule has 0 aromatic carbocycles. The summed E-state index contributed by atoms with van der Waals surface area (Å²) in [6, 6.07) is 3.84. The van der Waals surface area contributed by atoms with Crippen molar-refractivity contribution < 1.29 is 4.42 Å². The first kappa shape index (κ1) is 6.06. The Morgan fingerprint density at radius 3 is 3.50 bits per heavy atom. The molecule has 0 aliphatic carbocycles. The summed E-state index contributed by atoms with van der Waals surface area (Å²) in [6.45, 7) is 0.973. The van der Waals surface area contributed by atoms with Gasteiger partial charge in [0, 0.05) is 19.2 Å². The maximum atomic E-state index is 5.59. The van der Waals surface area contributed by atoms with E-state index in [2.05, 4.69) is 10.3 Å². The fourth-order valence-electron chi connectivity index (χ4n) is 1.64. The van der Waals surface area contributed by atoms with Crippen LogP contribution in [0.3, 0.4) is 0 Å². The Kier molecular flexibility index (Phi) is 1.01. The molecule has 0 spiro atoms. The summed E-state index contributed by atoms with van der Waals surface area (Å²) in [5, 5.41) is 3.27. The maximum absolute atomic E-state index is 5.59. The van der Waals surface area contributed by atoms with E-state index in [4.69, 9.17) is 4.42 Å². The molecular formula is C9H8N2O. The average Bonchev–Trinajstić information content (AvgIpc) is 2.62. The number of rotatable bonds is 0. The Balaban J connectivity index is 2.44. The number of nitrogens with zero attached hydrogens (tertiary/aromatic N) is 1. The number of furan rings is 1. The minimum atomic E-state index is 0.884. The van der Waals surface area contributed by atoms with Crippen LogP contribution < -0.4 is 5.32 Å². The number of fused-ring (bicyclic) bond motifs is 3. The molecule has 1 N–H and O–H groups in total. The van der Waals surface area contributed by atoms with Gasteiger partial charge in [-0.2, -0.15) is 0 Å². The minimum Gasteiger partial charge on any atom is -0.457 e. The number of pyridine rings is 1. The van der Waals surface area contributed by atoms with Crippen molar-refractivity contribution in [3.8, 4) is 0 Å². The van der Waals surface area contributed by atoms with Gasteiger partial charge in [0.1, 0.15) is 17.0 Å².